The number of carbonyl (C=O) groups is 2. The summed E-state index contributed by atoms with van der Waals surface area (Å²) in [6, 6.07) is 20.5. The third kappa shape index (κ3) is 5.68. The van der Waals surface area contributed by atoms with Gasteiger partial charge in [-0.1, -0.05) is 60.7 Å². The predicted molar refractivity (Wildman–Crippen MR) is 107 cm³/mol. The highest BCUT2D eigenvalue weighted by molar-refractivity contribution is 5.76. The van der Waals surface area contributed by atoms with Gasteiger partial charge in [-0.05, 0) is 36.8 Å². The first-order chi connectivity index (χ1) is 13.3. The molecule has 1 saturated heterocycles. The third-order valence-electron chi connectivity index (χ3n) is 5.33. The molecule has 2 aromatic carbocycles. The lowest BCUT2D eigenvalue weighted by Gasteiger charge is -2.29. The molecule has 1 heterocycles. The quantitative estimate of drug-likeness (QED) is 0.641. The van der Waals surface area contributed by atoms with Crippen molar-refractivity contribution in [3.05, 3.63) is 71.8 Å². The van der Waals surface area contributed by atoms with Crippen molar-refractivity contribution in [1.82, 2.24) is 9.80 Å². The first kappa shape index (κ1) is 19.2. The van der Waals surface area contributed by atoms with Crippen LogP contribution >= 0.6 is 0 Å². The summed E-state index contributed by atoms with van der Waals surface area (Å²) in [7, 11) is 0. The Morgan fingerprint density at radius 2 is 1.63 bits per heavy atom. The molecule has 2 amide bonds. The molecular formula is C23H28N2O2. The van der Waals surface area contributed by atoms with E-state index in [1.807, 2.05) is 46.2 Å². The molecule has 0 saturated carbocycles. The lowest BCUT2D eigenvalue weighted by atomic mass is 10.1. The molecule has 1 aliphatic heterocycles. The molecule has 2 aromatic rings. The van der Waals surface area contributed by atoms with Gasteiger partial charge in [-0.3, -0.25) is 9.59 Å². The van der Waals surface area contributed by atoms with Crippen LogP contribution in [0.25, 0.3) is 0 Å². The van der Waals surface area contributed by atoms with Crippen molar-refractivity contribution in [2.45, 2.75) is 38.1 Å². The Bertz CT molecular complexity index is 718. The summed E-state index contributed by atoms with van der Waals surface area (Å²) in [5.74, 6) is 0.174. The number of rotatable bonds is 9. The van der Waals surface area contributed by atoms with Gasteiger partial charge in [0.15, 0.2) is 0 Å². The van der Waals surface area contributed by atoms with E-state index in [0.717, 1.165) is 38.6 Å². The standard InChI is InChI=1S/C23H28N2O2/c26-19-25-16-7-12-22(25)18-24(17-15-21-10-5-2-6-11-21)23(27)14-13-20-8-3-1-4-9-20/h1-6,8-11,19,22H,7,12-18H2. The fraction of sp³-hybridized carbons (Fsp3) is 0.391. The highest BCUT2D eigenvalue weighted by atomic mass is 16.2. The fourth-order valence-electron chi connectivity index (χ4n) is 3.73. The maximum atomic E-state index is 12.9. The zero-order valence-corrected chi connectivity index (χ0v) is 15.8. The van der Waals surface area contributed by atoms with E-state index in [4.69, 9.17) is 0 Å². The third-order valence-corrected chi connectivity index (χ3v) is 5.33. The summed E-state index contributed by atoms with van der Waals surface area (Å²) in [4.78, 5) is 28.0. The minimum absolute atomic E-state index is 0.152. The molecule has 3 rings (SSSR count). The van der Waals surface area contributed by atoms with E-state index in [0.29, 0.717) is 19.5 Å². The van der Waals surface area contributed by atoms with Gasteiger partial charge >= 0.3 is 0 Å². The van der Waals surface area contributed by atoms with Crippen molar-refractivity contribution in [2.75, 3.05) is 19.6 Å². The monoisotopic (exact) mass is 364 g/mol. The summed E-state index contributed by atoms with van der Waals surface area (Å²) in [5, 5.41) is 0. The molecular weight excluding hydrogens is 336 g/mol. The highest BCUT2D eigenvalue weighted by Gasteiger charge is 2.27. The number of aryl methyl sites for hydroxylation is 1. The Balaban J connectivity index is 1.62. The van der Waals surface area contributed by atoms with Gasteiger partial charge in [0, 0.05) is 32.1 Å². The van der Waals surface area contributed by atoms with Crippen LogP contribution in [0.15, 0.2) is 60.7 Å². The second kappa shape index (κ2) is 9.91. The van der Waals surface area contributed by atoms with Crippen LogP contribution in [0.3, 0.4) is 0 Å². The highest BCUT2D eigenvalue weighted by Crippen LogP contribution is 2.17. The van der Waals surface area contributed by atoms with E-state index < -0.39 is 0 Å². The average Bonchev–Trinajstić information content (AvgIpc) is 3.18. The Morgan fingerprint density at radius 3 is 2.26 bits per heavy atom. The van der Waals surface area contributed by atoms with Gasteiger partial charge in [0.25, 0.3) is 0 Å². The molecule has 1 fully saturated rings. The lowest BCUT2D eigenvalue weighted by molar-refractivity contribution is -0.133. The van der Waals surface area contributed by atoms with Crippen LogP contribution in [-0.2, 0) is 22.4 Å². The van der Waals surface area contributed by atoms with Crippen molar-refractivity contribution >= 4 is 12.3 Å². The van der Waals surface area contributed by atoms with Crippen LogP contribution in [0, 0.1) is 0 Å². The minimum atomic E-state index is 0.152. The second-order valence-corrected chi connectivity index (χ2v) is 7.20. The average molecular weight is 364 g/mol. The summed E-state index contributed by atoms with van der Waals surface area (Å²) >= 11 is 0. The molecule has 0 N–H and O–H groups in total. The van der Waals surface area contributed by atoms with Gasteiger partial charge in [-0.25, -0.2) is 0 Å². The molecule has 0 spiro atoms. The summed E-state index contributed by atoms with van der Waals surface area (Å²) < 4.78 is 0. The van der Waals surface area contributed by atoms with Gasteiger partial charge in [0.1, 0.15) is 0 Å². The van der Waals surface area contributed by atoms with E-state index in [1.165, 1.54) is 11.1 Å². The normalized spacial score (nSPS) is 16.3. The summed E-state index contributed by atoms with van der Waals surface area (Å²) in [6.45, 7) is 2.14. The van der Waals surface area contributed by atoms with Gasteiger partial charge in [0.2, 0.25) is 12.3 Å². The molecule has 27 heavy (non-hydrogen) atoms. The number of nitrogens with zero attached hydrogens (tertiary/aromatic N) is 2. The summed E-state index contributed by atoms with van der Waals surface area (Å²) in [5.41, 5.74) is 2.42. The number of likely N-dealkylation sites (tertiary alicyclic amines) is 1. The molecule has 1 atom stereocenters. The molecule has 4 nitrogen and oxygen atoms in total. The smallest absolute Gasteiger partial charge is 0.222 e. The molecule has 1 aliphatic rings. The largest absolute Gasteiger partial charge is 0.340 e. The van der Waals surface area contributed by atoms with Crippen LogP contribution in [0.1, 0.15) is 30.4 Å². The SMILES string of the molecule is O=CN1CCCC1CN(CCc1ccccc1)C(=O)CCc1ccccc1. The minimum Gasteiger partial charge on any atom is -0.340 e. The zero-order chi connectivity index (χ0) is 18.9. The molecule has 0 bridgehead atoms. The Hall–Kier alpha value is -2.62. The zero-order valence-electron chi connectivity index (χ0n) is 15.8. The van der Waals surface area contributed by atoms with Gasteiger partial charge in [0.05, 0.1) is 0 Å². The Labute approximate surface area is 161 Å². The number of amides is 2. The van der Waals surface area contributed by atoms with Gasteiger partial charge < -0.3 is 9.80 Å². The van der Waals surface area contributed by atoms with Crippen molar-refractivity contribution in [3.8, 4) is 0 Å². The van der Waals surface area contributed by atoms with Crippen molar-refractivity contribution < 1.29 is 9.59 Å². The summed E-state index contributed by atoms with van der Waals surface area (Å²) in [6.07, 6.45) is 5.03. The van der Waals surface area contributed by atoms with E-state index in [9.17, 15) is 9.59 Å². The van der Waals surface area contributed by atoms with E-state index in [2.05, 4.69) is 24.3 Å². The number of carbonyl (C=O) groups excluding carboxylic acids is 2. The topological polar surface area (TPSA) is 40.6 Å². The van der Waals surface area contributed by atoms with Gasteiger partial charge in [-0.15, -0.1) is 0 Å². The van der Waals surface area contributed by atoms with Crippen molar-refractivity contribution in [3.63, 3.8) is 0 Å². The van der Waals surface area contributed by atoms with Crippen molar-refractivity contribution in [2.24, 2.45) is 0 Å². The van der Waals surface area contributed by atoms with E-state index >= 15 is 0 Å². The molecule has 1 unspecified atom stereocenters. The van der Waals surface area contributed by atoms with Crippen LogP contribution in [0.2, 0.25) is 0 Å². The van der Waals surface area contributed by atoms with Crippen molar-refractivity contribution in [1.29, 1.82) is 0 Å². The molecule has 0 aromatic heterocycles. The number of benzene rings is 2. The number of hydrogen-bond acceptors (Lipinski definition) is 2. The maximum Gasteiger partial charge on any atom is 0.222 e. The number of hydrogen-bond donors (Lipinski definition) is 0. The van der Waals surface area contributed by atoms with E-state index in [-0.39, 0.29) is 11.9 Å². The molecule has 0 aliphatic carbocycles. The van der Waals surface area contributed by atoms with Crippen LogP contribution in [0.5, 0.6) is 0 Å². The van der Waals surface area contributed by atoms with E-state index in [1.54, 1.807) is 0 Å². The maximum absolute atomic E-state index is 12.9. The van der Waals surface area contributed by atoms with Crippen LogP contribution in [0.4, 0.5) is 0 Å². The van der Waals surface area contributed by atoms with Gasteiger partial charge in [-0.2, -0.15) is 0 Å². The predicted octanol–water partition coefficient (Wildman–Crippen LogP) is 3.31. The second-order valence-electron chi connectivity index (χ2n) is 7.20. The first-order valence-corrected chi connectivity index (χ1v) is 9.83. The fourth-order valence-corrected chi connectivity index (χ4v) is 3.73. The molecule has 4 heteroatoms. The van der Waals surface area contributed by atoms with Crippen LogP contribution < -0.4 is 0 Å². The first-order valence-electron chi connectivity index (χ1n) is 9.83. The Morgan fingerprint density at radius 1 is 1.00 bits per heavy atom. The Kier molecular flexibility index (Phi) is 7.03. The lowest BCUT2D eigenvalue weighted by Crippen LogP contribution is -2.43. The van der Waals surface area contributed by atoms with Crippen LogP contribution in [-0.4, -0.2) is 47.8 Å². The molecule has 142 valence electrons. The molecule has 0 radical (unpaired) electrons.